The van der Waals surface area contributed by atoms with Crippen molar-refractivity contribution in [1.82, 2.24) is 9.80 Å². The Balaban J connectivity index is 2.57. The maximum atomic E-state index is 12.0. The van der Waals surface area contributed by atoms with Gasteiger partial charge in [-0.2, -0.15) is 0 Å². The summed E-state index contributed by atoms with van der Waals surface area (Å²) in [6.45, 7) is 0. The van der Waals surface area contributed by atoms with E-state index >= 15 is 0 Å². The van der Waals surface area contributed by atoms with E-state index in [0.29, 0.717) is 5.56 Å². The number of hydrogen-bond acceptors (Lipinski definition) is 3. The van der Waals surface area contributed by atoms with E-state index in [1.165, 1.54) is 14.1 Å². The Kier molecular flexibility index (Phi) is 3.40. The van der Waals surface area contributed by atoms with E-state index in [9.17, 15) is 14.4 Å². The van der Waals surface area contributed by atoms with Crippen molar-refractivity contribution in [3.63, 3.8) is 0 Å². The van der Waals surface area contributed by atoms with Gasteiger partial charge in [0.05, 0.1) is 5.03 Å². The van der Waals surface area contributed by atoms with Crippen molar-refractivity contribution in [3.05, 3.63) is 41.5 Å². The number of imide groups is 2. The maximum absolute atomic E-state index is 12.0. The third-order valence-electron chi connectivity index (χ3n) is 2.86. The lowest BCUT2D eigenvalue weighted by molar-refractivity contribution is -0.134. The fourth-order valence-corrected chi connectivity index (χ4v) is 2.03. The van der Waals surface area contributed by atoms with Crippen LogP contribution < -0.4 is 0 Å². The van der Waals surface area contributed by atoms with Crippen molar-refractivity contribution >= 4 is 34.5 Å². The molecule has 0 atom stereocenters. The molecule has 1 saturated heterocycles. The third-order valence-corrected chi connectivity index (χ3v) is 3.26. The van der Waals surface area contributed by atoms with Gasteiger partial charge in [0.2, 0.25) is 0 Å². The number of urea groups is 1. The number of rotatable bonds is 1. The minimum absolute atomic E-state index is 0.0433. The molecule has 0 aromatic heterocycles. The van der Waals surface area contributed by atoms with Crippen LogP contribution in [0.15, 0.2) is 35.9 Å². The number of barbiturate groups is 1. The largest absolute Gasteiger partial charge is 0.333 e. The van der Waals surface area contributed by atoms with Gasteiger partial charge in [-0.1, -0.05) is 41.9 Å². The molecule has 4 amide bonds. The first kappa shape index (κ1) is 13.3. The normalized spacial score (nSPS) is 16.2. The van der Waals surface area contributed by atoms with E-state index in [4.69, 9.17) is 11.6 Å². The summed E-state index contributed by atoms with van der Waals surface area (Å²) in [5, 5.41) is 0.0433. The van der Waals surface area contributed by atoms with Crippen LogP contribution in [-0.4, -0.2) is 41.7 Å². The summed E-state index contributed by atoms with van der Waals surface area (Å²) in [5.41, 5.74) is 0.356. The zero-order valence-corrected chi connectivity index (χ0v) is 11.1. The number of carbonyl (C=O) groups excluding carboxylic acids is 3. The molecule has 19 heavy (non-hydrogen) atoms. The molecule has 0 aliphatic carbocycles. The Bertz CT molecular complexity index is 569. The molecule has 1 aromatic carbocycles. The van der Waals surface area contributed by atoms with Gasteiger partial charge < -0.3 is 0 Å². The Morgan fingerprint density at radius 3 is 1.89 bits per heavy atom. The predicted molar refractivity (Wildman–Crippen MR) is 70.2 cm³/mol. The highest BCUT2D eigenvalue weighted by Gasteiger charge is 2.39. The molecule has 98 valence electrons. The second kappa shape index (κ2) is 4.85. The zero-order chi connectivity index (χ0) is 14.2. The van der Waals surface area contributed by atoms with Crippen LogP contribution in [0.25, 0.3) is 5.03 Å². The zero-order valence-electron chi connectivity index (χ0n) is 10.4. The molecule has 6 heteroatoms. The lowest BCUT2D eigenvalue weighted by atomic mass is 10.1. The summed E-state index contributed by atoms with van der Waals surface area (Å²) in [6.07, 6.45) is 0. The van der Waals surface area contributed by atoms with Crippen LogP contribution >= 0.6 is 11.6 Å². The van der Waals surface area contributed by atoms with Crippen LogP contribution in [0.1, 0.15) is 5.56 Å². The van der Waals surface area contributed by atoms with Crippen LogP contribution in [0.5, 0.6) is 0 Å². The summed E-state index contributed by atoms with van der Waals surface area (Å²) in [7, 11) is 2.62. The molecule has 1 aromatic rings. The van der Waals surface area contributed by atoms with Gasteiger partial charge in [-0.25, -0.2) is 4.79 Å². The Labute approximate surface area is 115 Å². The van der Waals surface area contributed by atoms with Crippen molar-refractivity contribution < 1.29 is 14.4 Å². The Hall–Kier alpha value is -2.14. The molecule has 0 N–H and O–H groups in total. The van der Waals surface area contributed by atoms with E-state index in [1.807, 2.05) is 0 Å². The van der Waals surface area contributed by atoms with Gasteiger partial charge in [0.1, 0.15) is 5.57 Å². The number of nitrogens with zero attached hydrogens (tertiary/aromatic N) is 2. The summed E-state index contributed by atoms with van der Waals surface area (Å²) in [6, 6.07) is 7.99. The minimum atomic E-state index is -0.693. The van der Waals surface area contributed by atoms with Crippen molar-refractivity contribution in [1.29, 1.82) is 0 Å². The first-order valence-electron chi connectivity index (χ1n) is 5.50. The lowest BCUT2D eigenvalue weighted by Gasteiger charge is -2.29. The molecule has 1 aliphatic rings. The van der Waals surface area contributed by atoms with Gasteiger partial charge in [-0.3, -0.25) is 19.4 Å². The van der Waals surface area contributed by atoms with Gasteiger partial charge in [0.25, 0.3) is 11.8 Å². The summed E-state index contributed by atoms with van der Waals surface area (Å²) < 4.78 is 0. The monoisotopic (exact) mass is 278 g/mol. The van der Waals surface area contributed by atoms with Gasteiger partial charge in [-0.15, -0.1) is 0 Å². The van der Waals surface area contributed by atoms with Gasteiger partial charge in [0.15, 0.2) is 0 Å². The summed E-state index contributed by atoms with van der Waals surface area (Å²) in [4.78, 5) is 37.4. The molecule has 0 unspecified atom stereocenters. The molecule has 1 fully saturated rings. The van der Waals surface area contributed by atoms with Crippen molar-refractivity contribution in [2.75, 3.05) is 14.1 Å². The van der Waals surface area contributed by atoms with Crippen LogP contribution in [0.3, 0.4) is 0 Å². The first-order chi connectivity index (χ1) is 8.95. The second-order valence-electron chi connectivity index (χ2n) is 4.07. The Morgan fingerprint density at radius 1 is 0.947 bits per heavy atom. The smallest absolute Gasteiger partial charge is 0.268 e. The number of likely N-dealkylation sites (N-methyl/N-ethyl adjacent to an activating group) is 2. The van der Waals surface area contributed by atoms with E-state index < -0.39 is 17.8 Å². The van der Waals surface area contributed by atoms with E-state index in [2.05, 4.69) is 0 Å². The third kappa shape index (κ3) is 2.13. The average molecular weight is 279 g/mol. The molecule has 0 radical (unpaired) electrons. The molecular weight excluding hydrogens is 268 g/mol. The van der Waals surface area contributed by atoms with Crippen molar-refractivity contribution in [2.24, 2.45) is 0 Å². The molecule has 1 heterocycles. The lowest BCUT2D eigenvalue weighted by Crippen LogP contribution is -2.53. The average Bonchev–Trinajstić information content (AvgIpc) is 2.44. The molecule has 5 nitrogen and oxygen atoms in total. The van der Waals surface area contributed by atoms with Crippen molar-refractivity contribution in [2.45, 2.75) is 0 Å². The molecule has 0 saturated carbocycles. The first-order valence-corrected chi connectivity index (χ1v) is 5.88. The second-order valence-corrected chi connectivity index (χ2v) is 4.44. The number of benzene rings is 1. The Morgan fingerprint density at radius 2 is 1.42 bits per heavy atom. The molecular formula is C13H11ClN2O3. The van der Waals surface area contributed by atoms with Crippen molar-refractivity contribution in [3.8, 4) is 0 Å². The van der Waals surface area contributed by atoms with E-state index in [1.54, 1.807) is 30.3 Å². The SMILES string of the molecule is CN1C(=O)C(=C(Cl)c2ccccc2)C(=O)N(C)C1=O. The summed E-state index contributed by atoms with van der Waals surface area (Å²) >= 11 is 6.13. The van der Waals surface area contributed by atoms with E-state index in [0.717, 1.165) is 9.80 Å². The van der Waals surface area contributed by atoms with Gasteiger partial charge >= 0.3 is 6.03 Å². The van der Waals surface area contributed by atoms with Crippen LogP contribution in [0.4, 0.5) is 4.79 Å². The number of amides is 4. The quantitative estimate of drug-likeness (QED) is 0.580. The van der Waals surface area contributed by atoms with Crippen LogP contribution in [0.2, 0.25) is 0 Å². The summed E-state index contributed by atoms with van der Waals surface area (Å²) in [5.74, 6) is -1.39. The number of carbonyl (C=O) groups is 3. The van der Waals surface area contributed by atoms with Crippen LogP contribution in [-0.2, 0) is 9.59 Å². The number of hydrogen-bond donors (Lipinski definition) is 0. The standard InChI is InChI=1S/C13H11ClN2O3/c1-15-11(17)9(12(18)16(2)13(15)19)10(14)8-6-4-3-5-7-8/h3-7H,1-2H3. The topological polar surface area (TPSA) is 57.7 Å². The molecule has 1 aliphatic heterocycles. The molecule has 0 spiro atoms. The fourth-order valence-electron chi connectivity index (χ4n) is 1.74. The molecule has 0 bridgehead atoms. The fraction of sp³-hybridized carbons (Fsp3) is 0.154. The van der Waals surface area contributed by atoms with Gasteiger partial charge in [0, 0.05) is 14.1 Å². The number of halogens is 1. The van der Waals surface area contributed by atoms with Gasteiger partial charge in [-0.05, 0) is 5.56 Å². The highest BCUT2D eigenvalue weighted by molar-refractivity contribution is 6.55. The maximum Gasteiger partial charge on any atom is 0.333 e. The van der Waals surface area contributed by atoms with E-state index in [-0.39, 0.29) is 10.6 Å². The van der Waals surface area contributed by atoms with Crippen LogP contribution in [0, 0.1) is 0 Å². The minimum Gasteiger partial charge on any atom is -0.268 e. The molecule has 2 rings (SSSR count). The highest BCUT2D eigenvalue weighted by atomic mass is 35.5. The predicted octanol–water partition coefficient (Wildman–Crippen LogP) is 1.69. The highest BCUT2D eigenvalue weighted by Crippen LogP contribution is 2.27.